The van der Waals surface area contributed by atoms with Gasteiger partial charge in [0.2, 0.25) is 0 Å². The van der Waals surface area contributed by atoms with Crippen molar-refractivity contribution in [1.82, 2.24) is 0 Å². The van der Waals surface area contributed by atoms with E-state index in [2.05, 4.69) is 41.5 Å². The lowest BCUT2D eigenvalue weighted by Gasteiger charge is -2.38. The molecule has 108 valence electrons. The lowest BCUT2D eigenvalue weighted by atomic mass is 9.73. The highest BCUT2D eigenvalue weighted by Crippen LogP contribution is 2.37. The molecule has 0 rings (SSSR count). The van der Waals surface area contributed by atoms with Crippen molar-refractivity contribution >= 4 is 5.97 Å². The Morgan fingerprint density at radius 2 is 1.39 bits per heavy atom. The number of esters is 1. The van der Waals surface area contributed by atoms with Crippen LogP contribution in [0.5, 0.6) is 0 Å². The van der Waals surface area contributed by atoms with Gasteiger partial charge in [-0.05, 0) is 44.9 Å². The second-order valence-electron chi connectivity index (χ2n) is 7.32. The molecule has 18 heavy (non-hydrogen) atoms. The van der Waals surface area contributed by atoms with Crippen molar-refractivity contribution in [2.24, 2.45) is 23.2 Å². The zero-order valence-corrected chi connectivity index (χ0v) is 13.8. The molecular formula is C16H32O2. The van der Waals surface area contributed by atoms with Gasteiger partial charge in [-0.2, -0.15) is 0 Å². The van der Waals surface area contributed by atoms with Gasteiger partial charge >= 0.3 is 5.97 Å². The van der Waals surface area contributed by atoms with Crippen LogP contribution in [0.2, 0.25) is 0 Å². The third-order valence-electron chi connectivity index (χ3n) is 4.32. The summed E-state index contributed by atoms with van der Waals surface area (Å²) in [5.41, 5.74) is -0.787. The molecular weight excluding hydrogens is 224 g/mol. The monoisotopic (exact) mass is 256 g/mol. The van der Waals surface area contributed by atoms with Gasteiger partial charge in [0.15, 0.2) is 0 Å². The van der Waals surface area contributed by atoms with E-state index >= 15 is 0 Å². The Balaban J connectivity index is 5.00. The first-order valence-corrected chi connectivity index (χ1v) is 7.17. The van der Waals surface area contributed by atoms with Crippen molar-refractivity contribution in [3.05, 3.63) is 0 Å². The summed E-state index contributed by atoms with van der Waals surface area (Å²) >= 11 is 0. The minimum atomic E-state index is -0.399. The molecule has 0 radical (unpaired) electrons. The van der Waals surface area contributed by atoms with Crippen molar-refractivity contribution in [3.8, 4) is 0 Å². The molecule has 0 spiro atoms. The summed E-state index contributed by atoms with van der Waals surface area (Å²) in [6.45, 7) is 18.7. The van der Waals surface area contributed by atoms with E-state index in [4.69, 9.17) is 4.74 Å². The molecule has 0 N–H and O–H groups in total. The smallest absolute Gasteiger partial charge is 0.312 e. The van der Waals surface area contributed by atoms with E-state index in [9.17, 15) is 4.79 Å². The van der Waals surface area contributed by atoms with Gasteiger partial charge in [0.1, 0.15) is 5.60 Å². The fourth-order valence-corrected chi connectivity index (χ4v) is 1.88. The third kappa shape index (κ3) is 4.29. The molecule has 1 unspecified atom stereocenters. The molecule has 0 aliphatic heterocycles. The number of carbonyl (C=O) groups excluding carboxylic acids is 1. The number of hydrogen-bond donors (Lipinski definition) is 0. The normalized spacial score (nSPS) is 16.2. The highest BCUT2D eigenvalue weighted by atomic mass is 16.6. The number of ether oxygens (including phenoxy) is 1. The minimum absolute atomic E-state index is 0.0510. The summed E-state index contributed by atoms with van der Waals surface area (Å²) in [5, 5.41) is 0. The first-order valence-electron chi connectivity index (χ1n) is 7.17. The zero-order chi connectivity index (χ0) is 14.7. The van der Waals surface area contributed by atoms with Crippen molar-refractivity contribution in [2.45, 2.75) is 74.3 Å². The fourth-order valence-electron chi connectivity index (χ4n) is 1.88. The molecule has 0 heterocycles. The Bertz CT molecular complexity index is 277. The third-order valence-corrected chi connectivity index (χ3v) is 4.32. The van der Waals surface area contributed by atoms with Crippen molar-refractivity contribution < 1.29 is 9.53 Å². The van der Waals surface area contributed by atoms with Crippen molar-refractivity contribution in [1.29, 1.82) is 0 Å². The average Bonchev–Trinajstić information content (AvgIpc) is 2.14. The van der Waals surface area contributed by atoms with Gasteiger partial charge in [-0.1, -0.05) is 41.5 Å². The Kier molecular flexibility index (Phi) is 5.90. The molecule has 0 aromatic rings. The summed E-state index contributed by atoms with van der Waals surface area (Å²) in [4.78, 5) is 12.5. The van der Waals surface area contributed by atoms with E-state index in [0.29, 0.717) is 11.8 Å². The van der Waals surface area contributed by atoms with Crippen molar-refractivity contribution in [2.75, 3.05) is 0 Å². The standard InChI is InChI=1S/C16H32O2/c1-11(2)10-16(9,13(5)6)14(17)18-15(7,8)12(3)4/h11-13H,10H2,1-9H3. The summed E-state index contributed by atoms with van der Waals surface area (Å²) in [5.74, 6) is 1.05. The summed E-state index contributed by atoms with van der Waals surface area (Å²) in [7, 11) is 0. The second kappa shape index (κ2) is 6.08. The largest absolute Gasteiger partial charge is 0.459 e. The Labute approximate surface area is 113 Å². The first-order chi connectivity index (χ1) is 7.93. The van der Waals surface area contributed by atoms with E-state index in [-0.39, 0.29) is 17.3 Å². The van der Waals surface area contributed by atoms with Gasteiger partial charge in [-0.15, -0.1) is 0 Å². The highest BCUT2D eigenvalue weighted by molar-refractivity contribution is 5.77. The van der Waals surface area contributed by atoms with Gasteiger partial charge in [0, 0.05) is 0 Å². The summed E-state index contributed by atoms with van der Waals surface area (Å²) in [6, 6.07) is 0. The van der Waals surface area contributed by atoms with Gasteiger partial charge in [-0.25, -0.2) is 0 Å². The van der Waals surface area contributed by atoms with Crippen LogP contribution in [-0.2, 0) is 9.53 Å². The Hall–Kier alpha value is -0.530. The first kappa shape index (κ1) is 17.5. The molecule has 0 aromatic heterocycles. The Morgan fingerprint density at radius 3 is 1.67 bits per heavy atom. The highest BCUT2D eigenvalue weighted by Gasteiger charge is 2.41. The van der Waals surface area contributed by atoms with Crippen LogP contribution in [-0.4, -0.2) is 11.6 Å². The van der Waals surface area contributed by atoms with Gasteiger partial charge in [0.25, 0.3) is 0 Å². The maximum Gasteiger partial charge on any atom is 0.312 e. The van der Waals surface area contributed by atoms with Crippen LogP contribution in [0.25, 0.3) is 0 Å². The molecule has 2 nitrogen and oxygen atoms in total. The molecule has 0 amide bonds. The SMILES string of the molecule is CC(C)CC(C)(C(=O)OC(C)(C)C(C)C)C(C)C. The molecule has 0 saturated heterocycles. The number of rotatable bonds is 6. The molecule has 0 bridgehead atoms. The quantitative estimate of drug-likeness (QED) is 0.645. The topological polar surface area (TPSA) is 26.3 Å². The molecule has 0 aromatic carbocycles. The molecule has 0 saturated carbocycles. The lowest BCUT2D eigenvalue weighted by Crippen LogP contribution is -2.43. The van der Waals surface area contributed by atoms with Crippen LogP contribution >= 0.6 is 0 Å². The molecule has 2 heteroatoms. The average molecular weight is 256 g/mol. The lowest BCUT2D eigenvalue weighted by molar-refractivity contribution is -0.176. The van der Waals surface area contributed by atoms with E-state index in [1.807, 2.05) is 20.8 Å². The van der Waals surface area contributed by atoms with Crippen LogP contribution in [0.1, 0.15) is 68.7 Å². The van der Waals surface area contributed by atoms with Crippen LogP contribution in [0.3, 0.4) is 0 Å². The maximum absolute atomic E-state index is 12.5. The number of carbonyl (C=O) groups is 1. The minimum Gasteiger partial charge on any atom is -0.459 e. The fraction of sp³-hybridized carbons (Fsp3) is 0.938. The molecule has 0 fully saturated rings. The second-order valence-corrected chi connectivity index (χ2v) is 7.32. The molecule has 0 aliphatic rings. The maximum atomic E-state index is 12.5. The predicted molar refractivity (Wildman–Crippen MR) is 77.4 cm³/mol. The van der Waals surface area contributed by atoms with Crippen LogP contribution in [0, 0.1) is 23.2 Å². The van der Waals surface area contributed by atoms with Crippen LogP contribution in [0.4, 0.5) is 0 Å². The van der Waals surface area contributed by atoms with Gasteiger partial charge in [0.05, 0.1) is 5.41 Å². The van der Waals surface area contributed by atoms with Crippen LogP contribution in [0.15, 0.2) is 0 Å². The molecule has 0 aliphatic carbocycles. The van der Waals surface area contributed by atoms with E-state index in [1.165, 1.54) is 0 Å². The number of hydrogen-bond acceptors (Lipinski definition) is 2. The summed E-state index contributed by atoms with van der Waals surface area (Å²) < 4.78 is 5.79. The van der Waals surface area contributed by atoms with E-state index < -0.39 is 5.60 Å². The van der Waals surface area contributed by atoms with Gasteiger partial charge in [-0.3, -0.25) is 4.79 Å². The van der Waals surface area contributed by atoms with Crippen LogP contribution < -0.4 is 0 Å². The van der Waals surface area contributed by atoms with Crippen molar-refractivity contribution in [3.63, 3.8) is 0 Å². The van der Waals surface area contributed by atoms with Gasteiger partial charge < -0.3 is 4.74 Å². The van der Waals surface area contributed by atoms with E-state index in [1.54, 1.807) is 0 Å². The molecule has 1 atom stereocenters. The van der Waals surface area contributed by atoms with E-state index in [0.717, 1.165) is 6.42 Å². The summed E-state index contributed by atoms with van der Waals surface area (Å²) in [6.07, 6.45) is 0.873. The predicted octanol–water partition coefficient (Wildman–Crippen LogP) is 4.67. The Morgan fingerprint density at radius 1 is 0.944 bits per heavy atom. The zero-order valence-electron chi connectivity index (χ0n) is 13.8.